The van der Waals surface area contributed by atoms with Gasteiger partial charge in [0.15, 0.2) is 6.10 Å². The van der Waals surface area contributed by atoms with Gasteiger partial charge < -0.3 is 9.47 Å². The molecule has 0 bridgehead atoms. The van der Waals surface area contributed by atoms with Crippen LogP contribution >= 0.6 is 0 Å². The first-order valence-electron chi connectivity index (χ1n) is 18.5. The second kappa shape index (κ2) is 39.0. The van der Waals surface area contributed by atoms with Crippen molar-refractivity contribution >= 4 is 5.97 Å². The fourth-order valence-corrected chi connectivity index (χ4v) is 4.31. The van der Waals surface area contributed by atoms with E-state index in [2.05, 4.69) is 135 Å². The number of esters is 1. The zero-order valence-electron chi connectivity index (χ0n) is 30.3. The lowest BCUT2D eigenvalue weighted by Crippen LogP contribution is -2.26. The third kappa shape index (κ3) is 35.5. The molecule has 0 fully saturated rings. The Balaban J connectivity index is 3.71. The minimum absolute atomic E-state index is 0.222. The molecule has 0 saturated heterocycles. The first-order chi connectivity index (χ1) is 23.3. The second-order valence-electron chi connectivity index (χ2n) is 11.3. The second-order valence-corrected chi connectivity index (χ2v) is 11.3. The Morgan fingerprint density at radius 1 is 0.426 bits per heavy atom. The van der Waals surface area contributed by atoms with Gasteiger partial charge in [0, 0.05) is 6.61 Å². The lowest BCUT2D eigenvalue weighted by atomic mass is 10.2. The van der Waals surface area contributed by atoms with Crippen molar-refractivity contribution in [3.05, 3.63) is 122 Å². The van der Waals surface area contributed by atoms with Crippen LogP contribution in [0.5, 0.6) is 0 Å². The number of allylic oxidation sites excluding steroid dienone is 20. The molecule has 47 heavy (non-hydrogen) atoms. The van der Waals surface area contributed by atoms with Gasteiger partial charge in [-0.3, -0.25) is 0 Å². The summed E-state index contributed by atoms with van der Waals surface area (Å²) >= 11 is 0. The van der Waals surface area contributed by atoms with Crippen molar-refractivity contribution in [1.82, 2.24) is 0 Å². The largest absolute Gasteiger partial charge is 0.464 e. The highest BCUT2D eigenvalue weighted by atomic mass is 16.6. The molecule has 0 aliphatic heterocycles. The number of carbonyl (C=O) groups excluding carboxylic acids is 1. The minimum atomic E-state index is -0.449. The van der Waals surface area contributed by atoms with Crippen LogP contribution in [0.4, 0.5) is 0 Å². The van der Waals surface area contributed by atoms with Gasteiger partial charge in [0.05, 0.1) is 6.61 Å². The Kier molecular flexibility index (Phi) is 36.4. The first kappa shape index (κ1) is 43.8. The highest BCUT2D eigenvalue weighted by Gasteiger charge is 2.18. The van der Waals surface area contributed by atoms with Crippen LogP contribution in [0.2, 0.25) is 0 Å². The van der Waals surface area contributed by atoms with Crippen molar-refractivity contribution in [2.45, 2.75) is 136 Å². The van der Waals surface area contributed by atoms with E-state index in [1.807, 2.05) is 6.92 Å². The number of hydrogen-bond donors (Lipinski definition) is 0. The SMILES string of the molecule is CCC=CCC=CCC=CCC=CCC=CCCCCOC(=O)C(CC)OCCCC/C=C\C/C=C\C/C=C\C/C=C\C/C=C\CC. The van der Waals surface area contributed by atoms with Gasteiger partial charge in [-0.05, 0) is 109 Å². The van der Waals surface area contributed by atoms with Crippen LogP contribution in [0, 0.1) is 0 Å². The van der Waals surface area contributed by atoms with E-state index in [4.69, 9.17) is 9.47 Å². The Labute approximate surface area is 290 Å². The Bertz CT molecular complexity index is 984. The Hall–Kier alpha value is -3.17. The van der Waals surface area contributed by atoms with Gasteiger partial charge in [0.2, 0.25) is 0 Å². The fourth-order valence-electron chi connectivity index (χ4n) is 4.31. The van der Waals surface area contributed by atoms with Crippen molar-refractivity contribution in [3.8, 4) is 0 Å². The van der Waals surface area contributed by atoms with Crippen LogP contribution in [0.1, 0.15) is 130 Å². The molecule has 0 rings (SSSR count). The maximum absolute atomic E-state index is 12.4. The maximum atomic E-state index is 12.4. The molecule has 0 aromatic heterocycles. The highest BCUT2D eigenvalue weighted by Crippen LogP contribution is 2.07. The normalized spacial score (nSPS) is 13.9. The standard InChI is InChI=1S/C44H68O3/c1-4-7-9-11-13-15-17-19-21-23-25-27-29-31-33-35-37-39-41-46-43(6-3)44(45)47-42-40-38-36-34-32-30-28-26-24-22-20-18-16-14-12-10-8-5-2/h7-10,13-16,19-22,25-28,31-34,43H,4-6,11-12,17-18,23-24,29-30,35-42H2,1-3H3/b9-7-,10-8?,15-13-,16-14?,21-19-,22-20?,27-25-,28-26?,33-31-,34-32?. The van der Waals surface area contributed by atoms with Crippen molar-refractivity contribution in [3.63, 3.8) is 0 Å². The molecule has 0 aliphatic rings. The summed E-state index contributed by atoms with van der Waals surface area (Å²) in [6.07, 6.45) is 60.7. The quantitative estimate of drug-likeness (QED) is 0.0428. The van der Waals surface area contributed by atoms with Crippen molar-refractivity contribution < 1.29 is 14.3 Å². The number of carbonyl (C=O) groups is 1. The van der Waals surface area contributed by atoms with Gasteiger partial charge in [-0.15, -0.1) is 0 Å². The monoisotopic (exact) mass is 645 g/mol. The summed E-state index contributed by atoms with van der Waals surface area (Å²) in [6.45, 7) is 7.36. The van der Waals surface area contributed by atoms with Gasteiger partial charge in [0.25, 0.3) is 0 Å². The molecule has 3 nitrogen and oxygen atoms in total. The maximum Gasteiger partial charge on any atom is 0.335 e. The van der Waals surface area contributed by atoms with Crippen LogP contribution in [0.25, 0.3) is 0 Å². The van der Waals surface area contributed by atoms with Crippen LogP contribution < -0.4 is 0 Å². The fraction of sp³-hybridized carbons (Fsp3) is 0.523. The lowest BCUT2D eigenvalue weighted by Gasteiger charge is -2.15. The van der Waals surface area contributed by atoms with Gasteiger partial charge in [0.1, 0.15) is 0 Å². The van der Waals surface area contributed by atoms with Crippen molar-refractivity contribution in [2.75, 3.05) is 13.2 Å². The zero-order valence-corrected chi connectivity index (χ0v) is 30.3. The van der Waals surface area contributed by atoms with Crippen LogP contribution in [0.3, 0.4) is 0 Å². The number of rotatable bonds is 31. The van der Waals surface area contributed by atoms with E-state index in [1.165, 1.54) is 0 Å². The molecule has 0 aromatic rings. The van der Waals surface area contributed by atoms with Crippen LogP contribution in [-0.2, 0) is 14.3 Å². The molecular formula is C44H68O3. The molecule has 1 atom stereocenters. The van der Waals surface area contributed by atoms with Gasteiger partial charge >= 0.3 is 5.97 Å². The summed E-state index contributed by atoms with van der Waals surface area (Å²) in [5.41, 5.74) is 0. The molecule has 0 spiro atoms. The average Bonchev–Trinajstić information content (AvgIpc) is 3.08. The molecule has 262 valence electrons. The van der Waals surface area contributed by atoms with Gasteiger partial charge in [-0.2, -0.15) is 0 Å². The van der Waals surface area contributed by atoms with E-state index in [0.717, 1.165) is 103 Å². The van der Waals surface area contributed by atoms with Crippen molar-refractivity contribution in [2.24, 2.45) is 0 Å². The molecule has 0 saturated carbocycles. The van der Waals surface area contributed by atoms with Crippen LogP contribution in [0.15, 0.2) is 122 Å². The topological polar surface area (TPSA) is 35.5 Å². The average molecular weight is 645 g/mol. The summed E-state index contributed by atoms with van der Waals surface area (Å²) < 4.78 is 11.3. The summed E-state index contributed by atoms with van der Waals surface area (Å²) in [5, 5.41) is 0. The summed E-state index contributed by atoms with van der Waals surface area (Å²) in [6, 6.07) is 0. The molecular weight excluding hydrogens is 576 g/mol. The molecule has 0 N–H and O–H groups in total. The Morgan fingerprint density at radius 3 is 1.09 bits per heavy atom. The highest BCUT2D eigenvalue weighted by molar-refractivity contribution is 5.74. The van der Waals surface area contributed by atoms with E-state index in [0.29, 0.717) is 19.6 Å². The third-order valence-corrected chi connectivity index (χ3v) is 7.04. The third-order valence-electron chi connectivity index (χ3n) is 7.04. The zero-order chi connectivity index (χ0) is 34.1. The predicted octanol–water partition coefficient (Wildman–Crippen LogP) is 13.2. The van der Waals surface area contributed by atoms with E-state index >= 15 is 0 Å². The molecule has 0 amide bonds. The molecule has 1 unspecified atom stereocenters. The van der Waals surface area contributed by atoms with E-state index in [1.54, 1.807) is 0 Å². The number of hydrogen-bond acceptors (Lipinski definition) is 3. The smallest absolute Gasteiger partial charge is 0.335 e. The number of ether oxygens (including phenoxy) is 2. The molecule has 0 aliphatic carbocycles. The Morgan fingerprint density at radius 2 is 0.745 bits per heavy atom. The molecule has 3 heteroatoms. The minimum Gasteiger partial charge on any atom is -0.464 e. The number of unbranched alkanes of at least 4 members (excludes halogenated alkanes) is 4. The summed E-state index contributed by atoms with van der Waals surface area (Å²) in [4.78, 5) is 12.4. The molecule has 0 aromatic carbocycles. The van der Waals surface area contributed by atoms with E-state index < -0.39 is 6.10 Å². The van der Waals surface area contributed by atoms with Crippen LogP contribution in [-0.4, -0.2) is 25.3 Å². The van der Waals surface area contributed by atoms with E-state index in [9.17, 15) is 4.79 Å². The van der Waals surface area contributed by atoms with Crippen molar-refractivity contribution in [1.29, 1.82) is 0 Å². The molecule has 0 heterocycles. The first-order valence-corrected chi connectivity index (χ1v) is 18.5. The van der Waals surface area contributed by atoms with Gasteiger partial charge in [-0.1, -0.05) is 142 Å². The molecule has 0 radical (unpaired) electrons. The summed E-state index contributed by atoms with van der Waals surface area (Å²) in [5.74, 6) is -0.222. The lowest BCUT2D eigenvalue weighted by molar-refractivity contribution is -0.157. The van der Waals surface area contributed by atoms with E-state index in [-0.39, 0.29) is 5.97 Å². The predicted molar refractivity (Wildman–Crippen MR) is 208 cm³/mol. The van der Waals surface area contributed by atoms with Gasteiger partial charge in [-0.25, -0.2) is 4.79 Å². The summed E-state index contributed by atoms with van der Waals surface area (Å²) in [7, 11) is 0.